The second kappa shape index (κ2) is 10.1. The van der Waals surface area contributed by atoms with E-state index in [4.69, 9.17) is 14.2 Å². The Morgan fingerprint density at radius 3 is 2.60 bits per heavy atom. The summed E-state index contributed by atoms with van der Waals surface area (Å²) in [5, 5.41) is 12.6. The first-order valence-electron chi connectivity index (χ1n) is 11.9. The number of aliphatic carboxylic acids is 1. The molecule has 11 heteroatoms. The van der Waals surface area contributed by atoms with Crippen molar-refractivity contribution in [2.45, 2.75) is 50.2 Å². The lowest BCUT2D eigenvalue weighted by atomic mass is 9.93. The fourth-order valence-electron chi connectivity index (χ4n) is 5.00. The smallest absolute Gasteiger partial charge is 0.330 e. The van der Waals surface area contributed by atoms with E-state index in [-0.39, 0.29) is 36.0 Å². The Bertz CT molecular complexity index is 993. The Morgan fingerprint density at radius 1 is 1.14 bits per heavy atom. The zero-order valence-corrected chi connectivity index (χ0v) is 20.2. The highest BCUT2D eigenvalue weighted by atomic mass is 16.5. The number of allylic oxidation sites excluding steroid dienone is 1. The third-order valence-corrected chi connectivity index (χ3v) is 7.11. The van der Waals surface area contributed by atoms with E-state index in [1.54, 1.807) is 11.9 Å². The third kappa shape index (κ3) is 5.18. The van der Waals surface area contributed by atoms with Gasteiger partial charge in [-0.15, -0.1) is 0 Å². The Balaban J connectivity index is 1.58. The maximum atomic E-state index is 13.4. The summed E-state index contributed by atoms with van der Waals surface area (Å²) in [4.78, 5) is 48.7. The van der Waals surface area contributed by atoms with Gasteiger partial charge in [0.15, 0.2) is 0 Å². The number of carboxylic acid groups (broad SMARTS) is 1. The summed E-state index contributed by atoms with van der Waals surface area (Å²) >= 11 is 0. The van der Waals surface area contributed by atoms with Crippen molar-refractivity contribution in [1.29, 1.82) is 0 Å². The molecule has 2 fully saturated rings. The maximum absolute atomic E-state index is 13.4. The lowest BCUT2D eigenvalue weighted by Gasteiger charge is -2.26. The number of nitrogens with one attached hydrogen (secondary N) is 1. The van der Waals surface area contributed by atoms with Crippen molar-refractivity contribution >= 4 is 17.8 Å². The van der Waals surface area contributed by atoms with Crippen LogP contribution in [0.2, 0.25) is 0 Å². The number of methoxy groups -OCH3 is 2. The molecule has 190 valence electrons. The van der Waals surface area contributed by atoms with Gasteiger partial charge in [0, 0.05) is 19.5 Å². The van der Waals surface area contributed by atoms with Crippen LogP contribution in [0.15, 0.2) is 18.2 Å². The molecule has 2 aliphatic carbocycles. The lowest BCUT2D eigenvalue weighted by molar-refractivity contribution is -0.145. The van der Waals surface area contributed by atoms with Gasteiger partial charge in [0.2, 0.25) is 23.6 Å². The van der Waals surface area contributed by atoms with E-state index >= 15 is 0 Å². The summed E-state index contributed by atoms with van der Waals surface area (Å²) in [7, 11) is 4.62. The summed E-state index contributed by atoms with van der Waals surface area (Å²) in [5.74, 6) is -2.76. The van der Waals surface area contributed by atoms with Crippen LogP contribution in [0.3, 0.4) is 0 Å². The topological polar surface area (TPSA) is 140 Å². The minimum absolute atomic E-state index is 0.0701. The van der Waals surface area contributed by atoms with E-state index in [1.807, 2.05) is 12.2 Å². The van der Waals surface area contributed by atoms with E-state index in [0.717, 1.165) is 19.3 Å². The zero-order valence-electron chi connectivity index (χ0n) is 20.2. The third-order valence-electron chi connectivity index (χ3n) is 7.11. The van der Waals surface area contributed by atoms with Gasteiger partial charge in [0.1, 0.15) is 11.6 Å². The first-order valence-corrected chi connectivity index (χ1v) is 11.9. The van der Waals surface area contributed by atoms with Gasteiger partial charge in [-0.3, -0.25) is 9.59 Å². The van der Waals surface area contributed by atoms with Gasteiger partial charge in [-0.2, -0.15) is 9.97 Å². The average Bonchev–Trinajstić information content (AvgIpc) is 3.38. The van der Waals surface area contributed by atoms with Gasteiger partial charge in [-0.25, -0.2) is 4.79 Å². The molecule has 0 aromatic carbocycles. The van der Waals surface area contributed by atoms with Crippen LogP contribution in [-0.2, 0) is 14.4 Å². The fourth-order valence-corrected chi connectivity index (χ4v) is 5.00. The average molecular weight is 489 g/mol. The lowest BCUT2D eigenvalue weighted by Crippen LogP contribution is -2.49. The normalized spacial score (nSPS) is 31.0. The van der Waals surface area contributed by atoms with E-state index in [2.05, 4.69) is 15.3 Å². The van der Waals surface area contributed by atoms with Crippen LogP contribution in [0.1, 0.15) is 38.5 Å². The molecule has 35 heavy (non-hydrogen) atoms. The molecule has 0 saturated heterocycles. The van der Waals surface area contributed by atoms with Crippen LogP contribution in [-0.4, -0.2) is 77.2 Å². The number of fused-ring (bicyclic) bond motifs is 2. The summed E-state index contributed by atoms with van der Waals surface area (Å²) < 4.78 is 16.3. The highest BCUT2D eigenvalue weighted by Crippen LogP contribution is 2.46. The van der Waals surface area contributed by atoms with Crippen LogP contribution < -0.4 is 19.5 Å². The van der Waals surface area contributed by atoms with Crippen molar-refractivity contribution in [2.75, 3.05) is 27.8 Å². The SMILES string of the molecule is COc1cc(O[C@@H]2C[C@H]3C(=O)N[C@]4(C(=O)O)C[C@H]4C=CCCCCN(C)C(=O)[C@@H]3C2)nc(OC)n1. The molecular weight excluding hydrogens is 456 g/mol. The van der Waals surface area contributed by atoms with Crippen molar-refractivity contribution in [2.24, 2.45) is 17.8 Å². The van der Waals surface area contributed by atoms with E-state index < -0.39 is 35.4 Å². The molecule has 1 aromatic rings. The molecule has 5 atom stereocenters. The Hall–Kier alpha value is -3.37. The molecule has 0 spiro atoms. The first-order chi connectivity index (χ1) is 16.8. The Kier molecular flexibility index (Phi) is 7.13. The number of hydrogen-bond donors (Lipinski definition) is 2. The van der Waals surface area contributed by atoms with Crippen LogP contribution in [0, 0.1) is 17.8 Å². The van der Waals surface area contributed by atoms with Crippen molar-refractivity contribution in [3.63, 3.8) is 0 Å². The molecule has 2 heterocycles. The van der Waals surface area contributed by atoms with Crippen LogP contribution >= 0.6 is 0 Å². The number of carbonyl (C=O) groups excluding carboxylic acids is 2. The summed E-state index contributed by atoms with van der Waals surface area (Å²) in [6.07, 6.45) is 6.80. The van der Waals surface area contributed by atoms with Crippen LogP contribution in [0.5, 0.6) is 17.8 Å². The number of nitrogens with zero attached hydrogens (tertiary/aromatic N) is 3. The van der Waals surface area contributed by atoms with Crippen LogP contribution in [0.4, 0.5) is 0 Å². The van der Waals surface area contributed by atoms with Gasteiger partial charge >= 0.3 is 12.0 Å². The van der Waals surface area contributed by atoms with Gasteiger partial charge in [-0.05, 0) is 38.5 Å². The molecule has 0 unspecified atom stereocenters. The summed E-state index contributed by atoms with van der Waals surface area (Å²) in [5.41, 5.74) is -1.32. The quantitative estimate of drug-likeness (QED) is 0.589. The number of aromatic nitrogens is 2. The number of carboxylic acids is 1. The second-order valence-corrected chi connectivity index (χ2v) is 9.42. The second-order valence-electron chi connectivity index (χ2n) is 9.42. The number of carbonyl (C=O) groups is 3. The minimum Gasteiger partial charge on any atom is -0.481 e. The van der Waals surface area contributed by atoms with E-state index in [9.17, 15) is 19.5 Å². The fraction of sp³-hybridized carbons (Fsp3) is 0.625. The number of ether oxygens (including phenoxy) is 3. The van der Waals surface area contributed by atoms with Crippen molar-refractivity contribution in [3.05, 3.63) is 18.2 Å². The van der Waals surface area contributed by atoms with Crippen LogP contribution in [0.25, 0.3) is 0 Å². The predicted octanol–water partition coefficient (Wildman–Crippen LogP) is 1.43. The summed E-state index contributed by atoms with van der Waals surface area (Å²) in [6.45, 7) is 0.589. The molecule has 0 bridgehead atoms. The van der Waals surface area contributed by atoms with Gasteiger partial charge < -0.3 is 29.5 Å². The first kappa shape index (κ1) is 24.7. The number of rotatable bonds is 5. The zero-order chi connectivity index (χ0) is 25.2. The van der Waals surface area contributed by atoms with Gasteiger partial charge in [0.25, 0.3) is 0 Å². The van der Waals surface area contributed by atoms with Gasteiger partial charge in [0.05, 0.1) is 32.1 Å². The largest absolute Gasteiger partial charge is 0.481 e. The van der Waals surface area contributed by atoms with Gasteiger partial charge in [-0.1, -0.05) is 12.2 Å². The monoisotopic (exact) mass is 488 g/mol. The van der Waals surface area contributed by atoms with E-state index in [0.29, 0.717) is 19.4 Å². The molecule has 0 radical (unpaired) electrons. The molecule has 4 rings (SSSR count). The molecule has 1 aliphatic heterocycles. The van der Waals surface area contributed by atoms with Crippen molar-refractivity contribution in [3.8, 4) is 17.8 Å². The number of amides is 2. The molecule has 11 nitrogen and oxygen atoms in total. The highest BCUT2D eigenvalue weighted by Gasteiger charge is 2.61. The Labute approximate surface area is 203 Å². The number of hydrogen-bond acceptors (Lipinski definition) is 8. The predicted molar refractivity (Wildman–Crippen MR) is 123 cm³/mol. The molecule has 2 N–H and O–H groups in total. The molecule has 2 saturated carbocycles. The maximum Gasteiger partial charge on any atom is 0.330 e. The summed E-state index contributed by atoms with van der Waals surface area (Å²) in [6, 6.07) is 1.58. The Morgan fingerprint density at radius 2 is 1.89 bits per heavy atom. The molecule has 1 aromatic heterocycles. The van der Waals surface area contributed by atoms with E-state index in [1.165, 1.54) is 20.3 Å². The standard InChI is InChI=1S/C24H32N4O7/c1-28-9-7-5-4-6-8-14-13-24(14,22(31)32)27-20(29)16-10-15(11-17(16)21(28)30)35-19-12-18(33-2)25-23(26-19)34-3/h6,8,12,14-17H,4-5,7,9-11,13H2,1-3H3,(H,27,29)(H,31,32)/t14-,15-,16-,17-,24-/m1/s1. The highest BCUT2D eigenvalue weighted by molar-refractivity contribution is 5.94. The molecular formula is C24H32N4O7. The van der Waals surface area contributed by atoms with Crippen molar-refractivity contribution < 1.29 is 33.7 Å². The molecule has 2 amide bonds. The minimum atomic E-state index is -1.32. The molecule has 3 aliphatic rings. The van der Waals surface area contributed by atoms with Crippen molar-refractivity contribution in [1.82, 2.24) is 20.2 Å².